The maximum atomic E-state index is 13.0. The molecule has 2 aromatic carbocycles. The number of aromatic nitrogens is 2. The minimum absolute atomic E-state index is 0.0330. The molecule has 1 spiro atoms. The van der Waals surface area contributed by atoms with Crippen molar-refractivity contribution in [3.05, 3.63) is 75.7 Å². The van der Waals surface area contributed by atoms with Crippen LogP contribution in [-0.4, -0.2) is 34.3 Å². The van der Waals surface area contributed by atoms with Gasteiger partial charge in [0.25, 0.3) is 0 Å². The summed E-state index contributed by atoms with van der Waals surface area (Å²) in [5.74, 6) is 1.02. The average Bonchev–Trinajstić information content (AvgIpc) is 3.52. The highest BCUT2D eigenvalue weighted by Gasteiger charge is 2.56. The van der Waals surface area contributed by atoms with Crippen molar-refractivity contribution in [2.24, 2.45) is 0 Å². The fraction of sp³-hybridized carbons (Fsp3) is 0.320. The van der Waals surface area contributed by atoms with E-state index in [2.05, 4.69) is 9.88 Å². The lowest BCUT2D eigenvalue weighted by Crippen LogP contribution is -2.46. The third-order valence-electron chi connectivity index (χ3n) is 6.79. The molecule has 0 radical (unpaired) electrons. The molecule has 6 rings (SSSR count). The highest BCUT2D eigenvalue weighted by Crippen LogP contribution is 2.46. The Kier molecular flexibility index (Phi) is 4.98. The lowest BCUT2D eigenvalue weighted by molar-refractivity contribution is -0.137. The quantitative estimate of drug-likeness (QED) is 0.530. The van der Waals surface area contributed by atoms with Crippen molar-refractivity contribution in [1.29, 1.82) is 5.26 Å². The van der Waals surface area contributed by atoms with Crippen LogP contribution in [-0.2, 0) is 24.1 Å². The minimum atomic E-state index is -4.50. The lowest BCUT2D eigenvalue weighted by atomic mass is 10.0. The normalized spacial score (nSPS) is 21.7. The standard InChI is InChI=1S/C25H19F3N4O4/c26-25(27,28)17-2-1-3-18(7-17)36-20-5-4-15(6-16(20)10-29)12-34-21-8-22-31(23(33)30-21)13-24-9-19(35-14-24)11-32(22)24/h1-8,19H,9,11-14H2/t19-,24+/m0/s1. The Bertz CT molecular complexity index is 1460. The summed E-state index contributed by atoms with van der Waals surface area (Å²) in [4.78, 5) is 18.9. The Morgan fingerprint density at radius 3 is 2.86 bits per heavy atom. The number of hydrogen-bond donors (Lipinski definition) is 0. The van der Waals surface area contributed by atoms with Crippen LogP contribution in [0.25, 0.3) is 0 Å². The summed E-state index contributed by atoms with van der Waals surface area (Å²) in [5, 5.41) is 9.55. The zero-order chi connectivity index (χ0) is 25.1. The molecule has 2 bridgehead atoms. The number of benzene rings is 2. The fourth-order valence-electron chi connectivity index (χ4n) is 5.13. The van der Waals surface area contributed by atoms with Crippen LogP contribution in [0.3, 0.4) is 0 Å². The number of rotatable bonds is 5. The second-order valence-electron chi connectivity index (χ2n) is 9.15. The van der Waals surface area contributed by atoms with Crippen LogP contribution in [0.4, 0.5) is 19.0 Å². The first-order valence-electron chi connectivity index (χ1n) is 11.3. The van der Waals surface area contributed by atoms with E-state index in [4.69, 9.17) is 14.2 Å². The van der Waals surface area contributed by atoms with E-state index in [0.29, 0.717) is 18.7 Å². The molecule has 2 atom stereocenters. The number of ether oxygens (including phenoxy) is 3. The summed E-state index contributed by atoms with van der Waals surface area (Å²) < 4.78 is 57.7. The molecular weight excluding hydrogens is 477 g/mol. The Morgan fingerprint density at radius 1 is 1.22 bits per heavy atom. The van der Waals surface area contributed by atoms with Crippen molar-refractivity contribution in [2.45, 2.75) is 37.4 Å². The Labute approximate surface area is 203 Å². The third kappa shape index (κ3) is 3.74. The molecule has 8 nitrogen and oxygen atoms in total. The number of nitriles is 1. The van der Waals surface area contributed by atoms with Crippen LogP contribution in [0.5, 0.6) is 17.4 Å². The van der Waals surface area contributed by atoms with Gasteiger partial charge in [0.15, 0.2) is 0 Å². The van der Waals surface area contributed by atoms with E-state index in [1.54, 1.807) is 16.7 Å². The van der Waals surface area contributed by atoms with E-state index in [9.17, 15) is 23.2 Å². The monoisotopic (exact) mass is 496 g/mol. The van der Waals surface area contributed by atoms with Gasteiger partial charge in [0.2, 0.25) is 5.88 Å². The largest absolute Gasteiger partial charge is 0.473 e. The zero-order valence-corrected chi connectivity index (χ0v) is 18.8. The molecule has 0 aliphatic carbocycles. The van der Waals surface area contributed by atoms with Gasteiger partial charge in [-0.3, -0.25) is 4.57 Å². The molecule has 3 aliphatic heterocycles. The summed E-state index contributed by atoms with van der Waals surface area (Å²) in [6, 6.07) is 12.8. The van der Waals surface area contributed by atoms with Gasteiger partial charge in [0.05, 0.1) is 35.9 Å². The summed E-state index contributed by atoms with van der Waals surface area (Å²) in [5.41, 5.74) is -0.686. The van der Waals surface area contributed by atoms with Gasteiger partial charge in [-0.2, -0.15) is 23.4 Å². The Hall–Kier alpha value is -4.04. The van der Waals surface area contributed by atoms with Crippen LogP contribution in [0.1, 0.15) is 23.1 Å². The van der Waals surface area contributed by atoms with Gasteiger partial charge >= 0.3 is 11.9 Å². The number of alkyl halides is 3. The number of halogens is 3. The molecule has 36 heavy (non-hydrogen) atoms. The molecule has 1 aromatic heterocycles. The van der Waals surface area contributed by atoms with Crippen molar-refractivity contribution in [3.8, 4) is 23.4 Å². The van der Waals surface area contributed by atoms with Gasteiger partial charge in [-0.25, -0.2) is 4.79 Å². The molecular formula is C25H19F3N4O4. The third-order valence-corrected chi connectivity index (χ3v) is 6.79. The van der Waals surface area contributed by atoms with Crippen LogP contribution >= 0.6 is 0 Å². The Morgan fingerprint density at radius 2 is 2.08 bits per heavy atom. The molecule has 0 unspecified atom stereocenters. The van der Waals surface area contributed by atoms with Crippen molar-refractivity contribution in [1.82, 2.24) is 9.55 Å². The Balaban J connectivity index is 1.18. The molecule has 4 heterocycles. The van der Waals surface area contributed by atoms with E-state index in [1.807, 2.05) is 6.07 Å². The SMILES string of the molecule is N#Cc1cc(COc2cc3n(c(=O)n2)C[C@]24CO[C@H](CN32)C4)ccc1Oc1cccc(C(F)(F)F)c1. The number of morpholine rings is 1. The summed E-state index contributed by atoms with van der Waals surface area (Å²) in [6.07, 6.45) is -3.45. The van der Waals surface area contributed by atoms with Gasteiger partial charge < -0.3 is 19.1 Å². The van der Waals surface area contributed by atoms with E-state index >= 15 is 0 Å². The van der Waals surface area contributed by atoms with Gasteiger partial charge in [-0.1, -0.05) is 12.1 Å². The molecule has 3 aliphatic rings. The molecule has 3 aromatic rings. The van der Waals surface area contributed by atoms with Crippen molar-refractivity contribution in [2.75, 3.05) is 18.1 Å². The second kappa shape index (κ2) is 7.99. The van der Waals surface area contributed by atoms with Gasteiger partial charge in [0.1, 0.15) is 30.0 Å². The first-order valence-corrected chi connectivity index (χ1v) is 11.3. The minimum Gasteiger partial charge on any atom is -0.473 e. The molecule has 184 valence electrons. The zero-order valence-electron chi connectivity index (χ0n) is 18.8. The lowest BCUT2D eigenvalue weighted by Gasteiger charge is -2.32. The number of fused-ring (bicyclic) bond motifs is 3. The number of anilines is 1. The second-order valence-corrected chi connectivity index (χ2v) is 9.15. The number of hydrogen-bond acceptors (Lipinski definition) is 7. The highest BCUT2D eigenvalue weighted by molar-refractivity contribution is 5.53. The molecule has 0 N–H and O–H groups in total. The van der Waals surface area contributed by atoms with Gasteiger partial charge in [-0.15, -0.1) is 0 Å². The topological polar surface area (TPSA) is 89.6 Å². The fourth-order valence-corrected chi connectivity index (χ4v) is 5.13. The summed E-state index contributed by atoms with van der Waals surface area (Å²) in [7, 11) is 0. The van der Waals surface area contributed by atoms with Crippen molar-refractivity contribution >= 4 is 5.82 Å². The predicted octanol–water partition coefficient (Wildman–Crippen LogP) is 3.87. The van der Waals surface area contributed by atoms with Gasteiger partial charge in [-0.05, 0) is 35.9 Å². The molecule has 11 heteroatoms. The van der Waals surface area contributed by atoms with Crippen molar-refractivity contribution < 1.29 is 27.4 Å². The van der Waals surface area contributed by atoms with Crippen LogP contribution in [0.15, 0.2) is 53.3 Å². The van der Waals surface area contributed by atoms with Gasteiger partial charge in [0, 0.05) is 19.0 Å². The van der Waals surface area contributed by atoms with Crippen LogP contribution < -0.4 is 20.1 Å². The predicted molar refractivity (Wildman–Crippen MR) is 120 cm³/mol. The molecule has 0 saturated carbocycles. The summed E-state index contributed by atoms with van der Waals surface area (Å²) >= 11 is 0. The first-order chi connectivity index (χ1) is 17.2. The molecule has 2 saturated heterocycles. The first kappa shape index (κ1) is 22.4. The maximum Gasteiger partial charge on any atom is 0.416 e. The van der Waals surface area contributed by atoms with E-state index in [0.717, 1.165) is 30.9 Å². The van der Waals surface area contributed by atoms with Crippen molar-refractivity contribution in [3.63, 3.8) is 0 Å². The smallest absolute Gasteiger partial charge is 0.416 e. The van der Waals surface area contributed by atoms with E-state index in [1.165, 1.54) is 24.3 Å². The van der Waals surface area contributed by atoms with E-state index in [-0.39, 0.29) is 41.2 Å². The average molecular weight is 496 g/mol. The number of nitrogens with zero attached hydrogens (tertiary/aromatic N) is 4. The molecule has 2 fully saturated rings. The van der Waals surface area contributed by atoms with Crippen LogP contribution in [0, 0.1) is 11.3 Å². The van der Waals surface area contributed by atoms with Crippen LogP contribution in [0.2, 0.25) is 0 Å². The van der Waals surface area contributed by atoms with E-state index < -0.39 is 17.4 Å². The summed E-state index contributed by atoms with van der Waals surface area (Å²) in [6.45, 7) is 1.89. The highest BCUT2D eigenvalue weighted by atomic mass is 19.4. The molecule has 0 amide bonds. The maximum absolute atomic E-state index is 13.0.